The second-order valence-electron chi connectivity index (χ2n) is 8.64. The molecule has 0 aliphatic heterocycles. The highest BCUT2D eigenvalue weighted by molar-refractivity contribution is 7.07. The van der Waals surface area contributed by atoms with Crippen LogP contribution in [0.3, 0.4) is 0 Å². The highest BCUT2D eigenvalue weighted by Gasteiger charge is 2.27. The molecule has 0 bridgehead atoms. The number of carbonyl (C=O) groups excluding carboxylic acids is 1. The van der Waals surface area contributed by atoms with Crippen LogP contribution in [0.25, 0.3) is 11.6 Å². The Morgan fingerprint density at radius 3 is 2.40 bits per heavy atom. The van der Waals surface area contributed by atoms with Crippen LogP contribution in [-0.4, -0.2) is 24.1 Å². The molecule has 6 nitrogen and oxygen atoms in total. The summed E-state index contributed by atoms with van der Waals surface area (Å²) in [4.78, 5) is 26.5. The molecule has 0 spiro atoms. The third-order valence-electron chi connectivity index (χ3n) is 5.06. The fourth-order valence-electron chi connectivity index (χ4n) is 3.28. The Morgan fingerprint density at radius 1 is 1.17 bits per heavy atom. The highest BCUT2D eigenvalue weighted by Crippen LogP contribution is 2.21. The fraction of sp³-hybridized carbons (Fsp3) is 0.269. The van der Waals surface area contributed by atoms with Gasteiger partial charge in [0, 0.05) is 11.0 Å². The van der Waals surface area contributed by atoms with Crippen molar-refractivity contribution in [3.8, 4) is 17.6 Å². The number of rotatable bonds is 7. The Hall–Kier alpha value is -3.77. The minimum atomic E-state index is -3.03. The van der Waals surface area contributed by atoms with Gasteiger partial charge in [-0.3, -0.25) is 14.2 Å². The molecule has 0 amide bonds. The zero-order valence-electron chi connectivity index (χ0n) is 19.7. The van der Waals surface area contributed by atoms with E-state index < -0.39 is 23.4 Å². The lowest BCUT2D eigenvalue weighted by molar-refractivity contribution is -0.120. The molecule has 0 aliphatic rings. The normalized spacial score (nSPS) is 12.9. The first-order valence-electron chi connectivity index (χ1n) is 10.6. The van der Waals surface area contributed by atoms with Gasteiger partial charge in [0.05, 0.1) is 18.2 Å². The molecule has 35 heavy (non-hydrogen) atoms. The molecule has 182 valence electrons. The van der Waals surface area contributed by atoms with E-state index in [4.69, 9.17) is 4.74 Å². The molecule has 0 unspecified atom stereocenters. The van der Waals surface area contributed by atoms with E-state index in [1.165, 1.54) is 16.7 Å². The fourth-order valence-corrected chi connectivity index (χ4v) is 4.37. The zero-order valence-corrected chi connectivity index (χ0v) is 20.5. The summed E-state index contributed by atoms with van der Waals surface area (Å²) in [6, 6.07) is 15.1. The van der Waals surface area contributed by atoms with Gasteiger partial charge in [0.2, 0.25) is 0 Å². The van der Waals surface area contributed by atoms with E-state index in [1.54, 1.807) is 70.3 Å². The number of alkyl halides is 2. The van der Waals surface area contributed by atoms with Gasteiger partial charge in [-0.2, -0.15) is 14.0 Å². The van der Waals surface area contributed by atoms with Gasteiger partial charge in [0.25, 0.3) is 5.56 Å². The van der Waals surface area contributed by atoms with Gasteiger partial charge in [-0.15, -0.1) is 11.3 Å². The topological polar surface area (TPSA) is 81.3 Å². The molecule has 0 radical (unpaired) electrons. The molecular formula is C26H24F2N2O4S. The second kappa shape index (κ2) is 10.7. The third kappa shape index (κ3) is 6.03. The van der Waals surface area contributed by atoms with E-state index in [2.05, 4.69) is 4.74 Å². The third-order valence-corrected chi connectivity index (χ3v) is 6.19. The van der Waals surface area contributed by atoms with Gasteiger partial charge in [-0.05, 0) is 29.8 Å². The number of nitriles is 1. The molecule has 0 atom stereocenters. The number of carbonyl (C=O) groups is 1. The smallest absolute Gasteiger partial charge is 0.387 e. The summed E-state index contributed by atoms with van der Waals surface area (Å²) >= 11 is 0.959. The van der Waals surface area contributed by atoms with E-state index in [0.29, 0.717) is 5.75 Å². The lowest BCUT2D eigenvalue weighted by atomic mass is 9.87. The molecule has 0 fully saturated rings. The lowest BCUT2D eigenvalue weighted by Gasteiger charge is -2.15. The van der Waals surface area contributed by atoms with E-state index in [-0.39, 0.29) is 32.6 Å². The molecule has 0 saturated carbocycles. The summed E-state index contributed by atoms with van der Waals surface area (Å²) in [7, 11) is 1.54. The van der Waals surface area contributed by atoms with Gasteiger partial charge in [-0.1, -0.05) is 51.1 Å². The van der Waals surface area contributed by atoms with Crippen molar-refractivity contribution in [1.82, 2.24) is 4.57 Å². The number of Topliss-reactive ketones (excluding diaryl/α,β-unsaturated/α-hetero) is 1. The molecule has 9 heteroatoms. The Kier molecular flexibility index (Phi) is 7.87. The number of halogens is 2. The quantitative estimate of drug-likeness (QED) is 0.496. The van der Waals surface area contributed by atoms with Gasteiger partial charge < -0.3 is 9.47 Å². The lowest BCUT2D eigenvalue weighted by Crippen LogP contribution is -2.34. The maximum atomic E-state index is 13.4. The minimum Gasteiger partial charge on any atom is -0.497 e. The molecule has 3 rings (SSSR count). The predicted molar refractivity (Wildman–Crippen MR) is 130 cm³/mol. The van der Waals surface area contributed by atoms with Crippen LogP contribution in [0.4, 0.5) is 8.78 Å². The average molecular weight is 499 g/mol. The first kappa shape index (κ1) is 25.8. The van der Waals surface area contributed by atoms with E-state index in [0.717, 1.165) is 16.9 Å². The number of benzene rings is 2. The van der Waals surface area contributed by atoms with Crippen LogP contribution in [0, 0.1) is 16.7 Å². The van der Waals surface area contributed by atoms with Crippen LogP contribution in [0.15, 0.2) is 53.3 Å². The van der Waals surface area contributed by atoms with Gasteiger partial charge in [-0.25, -0.2) is 0 Å². The van der Waals surface area contributed by atoms with Crippen LogP contribution >= 0.6 is 11.3 Å². The zero-order chi connectivity index (χ0) is 25.8. The summed E-state index contributed by atoms with van der Waals surface area (Å²) in [6.45, 7) is 2.14. The number of ketones is 1. The second-order valence-corrected chi connectivity index (χ2v) is 9.67. The Bertz CT molecular complexity index is 1440. The van der Waals surface area contributed by atoms with Gasteiger partial charge >= 0.3 is 6.61 Å². The molecule has 3 aromatic rings. The molecule has 1 heterocycles. The number of ether oxygens (including phenoxy) is 2. The Balaban J connectivity index is 2.29. The number of hydrogen-bond acceptors (Lipinski definition) is 6. The van der Waals surface area contributed by atoms with E-state index in [9.17, 15) is 23.6 Å². The van der Waals surface area contributed by atoms with Crippen LogP contribution in [0.2, 0.25) is 0 Å². The number of methoxy groups -OCH3 is 1. The predicted octanol–water partition coefficient (Wildman–Crippen LogP) is 3.69. The maximum Gasteiger partial charge on any atom is 0.387 e. The average Bonchev–Trinajstić information content (AvgIpc) is 3.10. The van der Waals surface area contributed by atoms with Crippen molar-refractivity contribution in [1.29, 1.82) is 5.26 Å². The van der Waals surface area contributed by atoms with Crippen molar-refractivity contribution >= 4 is 28.8 Å². The first-order chi connectivity index (χ1) is 16.5. The standard InChI is InChI=1S/C26H24F2N2O4S/c1-26(2,3)22(31)19(14-29)24-30(15-16-9-11-18(33-4)12-10-16)23(32)21(35-24)13-17-7-5-6-8-20(17)34-25(27)28/h5-13,25H,15H2,1-4H3. The number of nitrogens with zero attached hydrogens (tertiary/aromatic N) is 2. The minimum absolute atomic E-state index is 0.0891. The number of hydrogen-bond donors (Lipinski definition) is 0. The van der Waals surface area contributed by atoms with E-state index >= 15 is 0 Å². The first-order valence-corrected chi connectivity index (χ1v) is 11.4. The Labute approximate surface area is 205 Å². The van der Waals surface area contributed by atoms with Crippen LogP contribution in [0.5, 0.6) is 11.5 Å². The van der Waals surface area contributed by atoms with Gasteiger partial charge in [0.15, 0.2) is 5.78 Å². The van der Waals surface area contributed by atoms with Crippen molar-refractivity contribution < 1.29 is 23.0 Å². The molecule has 0 aliphatic carbocycles. The van der Waals surface area contributed by atoms with E-state index in [1.807, 2.05) is 6.07 Å². The highest BCUT2D eigenvalue weighted by atomic mass is 32.1. The SMILES string of the molecule is COc1ccc(Cn2c(=C(C#N)C(=O)C(C)(C)C)sc(=Cc3ccccc3OC(F)F)c2=O)cc1. The summed E-state index contributed by atoms with van der Waals surface area (Å²) in [5, 5.41) is 9.86. The van der Waals surface area contributed by atoms with Crippen LogP contribution in [-0.2, 0) is 11.3 Å². The molecular weight excluding hydrogens is 474 g/mol. The Morgan fingerprint density at radius 2 is 1.83 bits per heavy atom. The number of para-hydroxylation sites is 1. The molecule has 0 saturated heterocycles. The van der Waals surface area contributed by atoms with Crippen LogP contribution in [0.1, 0.15) is 31.9 Å². The van der Waals surface area contributed by atoms with Crippen molar-refractivity contribution in [3.05, 3.63) is 79.2 Å². The molecule has 2 aromatic carbocycles. The summed E-state index contributed by atoms with van der Waals surface area (Å²) < 4.78 is 37.2. The monoisotopic (exact) mass is 498 g/mol. The summed E-state index contributed by atoms with van der Waals surface area (Å²) in [6.07, 6.45) is 1.43. The maximum absolute atomic E-state index is 13.4. The number of thiazole rings is 1. The number of aromatic nitrogens is 1. The largest absolute Gasteiger partial charge is 0.497 e. The van der Waals surface area contributed by atoms with Crippen molar-refractivity contribution in [2.75, 3.05) is 7.11 Å². The summed E-state index contributed by atoms with van der Waals surface area (Å²) in [5.41, 5.74) is -0.417. The molecule has 0 N–H and O–H groups in total. The van der Waals surface area contributed by atoms with Crippen molar-refractivity contribution in [2.24, 2.45) is 5.41 Å². The van der Waals surface area contributed by atoms with Gasteiger partial charge in [0.1, 0.15) is 27.8 Å². The van der Waals surface area contributed by atoms with Crippen molar-refractivity contribution in [2.45, 2.75) is 33.9 Å². The summed E-state index contributed by atoms with van der Waals surface area (Å²) in [5.74, 6) is 0.148. The van der Waals surface area contributed by atoms with Crippen LogP contribution < -0.4 is 24.2 Å². The molecule has 1 aromatic heterocycles. The van der Waals surface area contributed by atoms with Crippen molar-refractivity contribution in [3.63, 3.8) is 0 Å².